The molecule has 4 aliphatic heterocycles. The fraction of sp³-hybridized carbons (Fsp3) is 0.561. The molecule has 4 aromatic rings. The quantitative estimate of drug-likeness (QED) is 0.201. The van der Waals surface area contributed by atoms with Gasteiger partial charge in [-0.2, -0.15) is 15.2 Å². The van der Waals surface area contributed by atoms with Crippen LogP contribution in [-0.2, 0) is 27.4 Å². The van der Waals surface area contributed by atoms with Crippen molar-refractivity contribution in [2.75, 3.05) is 36.9 Å². The van der Waals surface area contributed by atoms with Gasteiger partial charge < -0.3 is 28.7 Å². The Labute approximate surface area is 339 Å². The Morgan fingerprint density at radius 3 is 2.34 bits per heavy atom. The molecule has 3 fully saturated rings. The number of piperazine rings is 1. The van der Waals surface area contributed by atoms with Crippen molar-refractivity contribution >= 4 is 55.3 Å². The zero-order chi connectivity index (χ0) is 41.4. The zero-order valence-electron chi connectivity index (χ0n) is 34.0. The van der Waals surface area contributed by atoms with Crippen molar-refractivity contribution in [3.05, 3.63) is 34.5 Å². The normalized spacial score (nSPS) is 21.4. The van der Waals surface area contributed by atoms with Crippen molar-refractivity contribution in [2.24, 2.45) is 0 Å². The summed E-state index contributed by atoms with van der Waals surface area (Å²) < 4.78 is 57.1. The molecule has 14 nitrogen and oxygen atoms in total. The molecule has 0 radical (unpaired) electrons. The molecule has 1 N–H and O–H groups in total. The van der Waals surface area contributed by atoms with E-state index >= 15 is 8.78 Å². The predicted octanol–water partition coefficient (Wildman–Crippen LogP) is 7.88. The van der Waals surface area contributed by atoms with Gasteiger partial charge in [-0.25, -0.2) is 18.4 Å². The Bertz CT molecular complexity index is 2360. The lowest BCUT2D eigenvalue weighted by Crippen LogP contribution is -2.56. The van der Waals surface area contributed by atoms with Crippen LogP contribution < -0.4 is 15.0 Å². The number of fused-ring (bicyclic) bond motifs is 6. The first-order valence-corrected chi connectivity index (χ1v) is 20.5. The fourth-order valence-electron chi connectivity index (χ4n) is 8.83. The Morgan fingerprint density at radius 1 is 1.02 bits per heavy atom. The van der Waals surface area contributed by atoms with Crippen LogP contribution in [0.5, 0.6) is 6.01 Å². The lowest BCUT2D eigenvalue weighted by molar-refractivity contribution is 0.0209. The number of hydrogen-bond acceptors (Lipinski definition) is 13. The molecule has 308 valence electrons. The van der Waals surface area contributed by atoms with Crippen molar-refractivity contribution in [1.29, 1.82) is 5.26 Å². The number of nitriles is 1. The molecule has 3 saturated heterocycles. The number of nitrogens with zero attached hydrogens (tertiary/aromatic N) is 7. The number of halogens is 2. The standard InChI is InChI=1S/C41H48F2N8O6S/c1-20(27-10-9-13-49(27)8)55-37-46-33-30(35(47-37)51-21-11-12-22(51)17-50(16-21)39(53)57-41(5,6)7)25-19-54-18-24(25)28(31(33)43)32-29-23(14-44)36(48-38(52)56-40(2,3)4)58-34(29)26(42)15-45-32/h15,20-22,27H,9-13,16-19H2,1-8H3,(H,48,52)/t20-,21?,22?,27+/m1/s1. The Balaban J connectivity index is 1.30. The lowest BCUT2D eigenvalue weighted by atomic mass is 9.93. The van der Waals surface area contributed by atoms with Crippen molar-refractivity contribution in [3.8, 4) is 23.3 Å². The SMILES string of the molecule is C[C@@H](Oc1nc(N2C3CCC2CN(C(=O)OC(C)(C)C)C3)c2c3c(c(-c4ncc(F)c5sc(NC(=O)OC(C)(C)C)c(C#N)c45)c(F)c2n1)COC3)[C@@H]1CCCN1C. The molecule has 0 saturated carbocycles. The molecule has 1 aromatic carbocycles. The number of anilines is 2. The minimum Gasteiger partial charge on any atom is -0.459 e. The third-order valence-electron chi connectivity index (χ3n) is 11.2. The average Bonchev–Trinajstić information content (AvgIpc) is 3.92. The zero-order valence-corrected chi connectivity index (χ0v) is 34.8. The summed E-state index contributed by atoms with van der Waals surface area (Å²) >= 11 is 0.840. The number of carbonyl (C=O) groups is 2. The molecule has 2 amide bonds. The van der Waals surface area contributed by atoms with E-state index in [2.05, 4.69) is 26.2 Å². The molecular formula is C41H48F2N8O6S. The van der Waals surface area contributed by atoms with Gasteiger partial charge in [0.05, 0.1) is 40.8 Å². The number of nitrogens with one attached hydrogen (secondary N) is 1. The summed E-state index contributed by atoms with van der Waals surface area (Å²) in [5.74, 6) is -1.00. The van der Waals surface area contributed by atoms with E-state index in [0.29, 0.717) is 35.4 Å². The molecule has 0 spiro atoms. The summed E-state index contributed by atoms with van der Waals surface area (Å²) in [4.78, 5) is 46.5. The molecule has 4 atom stereocenters. The number of hydrogen-bond donors (Lipinski definition) is 1. The maximum absolute atomic E-state index is 17.8. The maximum Gasteiger partial charge on any atom is 0.412 e. The number of ether oxygens (including phenoxy) is 4. The van der Waals surface area contributed by atoms with E-state index < -0.39 is 28.9 Å². The van der Waals surface area contributed by atoms with E-state index in [1.165, 1.54) is 0 Å². The van der Waals surface area contributed by atoms with Gasteiger partial charge in [0.25, 0.3) is 0 Å². The van der Waals surface area contributed by atoms with Gasteiger partial charge in [0, 0.05) is 42.2 Å². The Hall–Kier alpha value is -4.92. The Kier molecular flexibility index (Phi) is 10.1. The number of benzene rings is 1. The van der Waals surface area contributed by atoms with E-state index in [1.807, 2.05) is 34.7 Å². The minimum absolute atomic E-state index is 0.00212. The molecule has 8 rings (SSSR count). The molecular weight excluding hydrogens is 771 g/mol. The van der Waals surface area contributed by atoms with Crippen LogP contribution in [0.25, 0.3) is 32.2 Å². The second kappa shape index (κ2) is 14.7. The molecule has 2 unspecified atom stereocenters. The third-order valence-corrected chi connectivity index (χ3v) is 12.3. The first-order valence-electron chi connectivity index (χ1n) is 19.7. The second-order valence-electron chi connectivity index (χ2n) is 17.6. The number of aromatic nitrogens is 3. The monoisotopic (exact) mass is 818 g/mol. The molecule has 3 aromatic heterocycles. The van der Waals surface area contributed by atoms with Crippen molar-refractivity contribution in [2.45, 2.75) is 123 Å². The van der Waals surface area contributed by atoms with Gasteiger partial charge in [0.15, 0.2) is 11.6 Å². The minimum atomic E-state index is -0.834. The van der Waals surface area contributed by atoms with Gasteiger partial charge in [-0.3, -0.25) is 15.2 Å². The van der Waals surface area contributed by atoms with E-state index in [0.717, 1.165) is 49.8 Å². The molecule has 0 aliphatic carbocycles. The predicted molar refractivity (Wildman–Crippen MR) is 214 cm³/mol. The van der Waals surface area contributed by atoms with Crippen LogP contribution in [0.2, 0.25) is 0 Å². The molecule has 58 heavy (non-hydrogen) atoms. The van der Waals surface area contributed by atoms with Crippen LogP contribution in [0.3, 0.4) is 0 Å². The highest BCUT2D eigenvalue weighted by Gasteiger charge is 2.45. The van der Waals surface area contributed by atoms with Gasteiger partial charge in [0.2, 0.25) is 0 Å². The maximum atomic E-state index is 17.8. The number of likely N-dealkylation sites (N-methyl/N-ethyl adjacent to an activating group) is 1. The van der Waals surface area contributed by atoms with Gasteiger partial charge in [-0.1, -0.05) is 0 Å². The van der Waals surface area contributed by atoms with E-state index in [-0.39, 0.29) is 87.0 Å². The number of rotatable bonds is 6. The Morgan fingerprint density at radius 2 is 1.71 bits per heavy atom. The summed E-state index contributed by atoms with van der Waals surface area (Å²) in [7, 11) is 2.05. The molecule has 17 heteroatoms. The third kappa shape index (κ3) is 7.23. The van der Waals surface area contributed by atoms with Crippen molar-refractivity contribution in [1.82, 2.24) is 24.8 Å². The lowest BCUT2D eigenvalue weighted by Gasteiger charge is -2.42. The fourth-order valence-corrected chi connectivity index (χ4v) is 9.87. The summed E-state index contributed by atoms with van der Waals surface area (Å²) in [5, 5.41) is 13.6. The van der Waals surface area contributed by atoms with Crippen molar-refractivity contribution < 1.29 is 37.3 Å². The first-order chi connectivity index (χ1) is 27.4. The van der Waals surface area contributed by atoms with Gasteiger partial charge in [-0.05, 0) is 98.9 Å². The van der Waals surface area contributed by atoms with Crippen LogP contribution in [0.4, 0.5) is 29.2 Å². The molecule has 4 aliphatic rings. The smallest absolute Gasteiger partial charge is 0.412 e. The average molecular weight is 819 g/mol. The summed E-state index contributed by atoms with van der Waals surface area (Å²) in [6.45, 7) is 14.4. The van der Waals surface area contributed by atoms with E-state index in [4.69, 9.17) is 28.9 Å². The number of thiophene rings is 1. The summed E-state index contributed by atoms with van der Waals surface area (Å²) in [6, 6.07) is 1.91. The van der Waals surface area contributed by atoms with E-state index in [9.17, 15) is 14.9 Å². The molecule has 7 heterocycles. The molecule has 2 bridgehead atoms. The first kappa shape index (κ1) is 39.9. The topological polar surface area (TPSA) is 155 Å². The highest BCUT2D eigenvalue weighted by molar-refractivity contribution is 7.23. The van der Waals surface area contributed by atoms with Crippen LogP contribution >= 0.6 is 11.3 Å². The van der Waals surface area contributed by atoms with Crippen LogP contribution in [0, 0.1) is 23.0 Å². The van der Waals surface area contributed by atoms with E-state index in [1.54, 1.807) is 25.7 Å². The van der Waals surface area contributed by atoms with Crippen LogP contribution in [0.15, 0.2) is 6.20 Å². The summed E-state index contributed by atoms with van der Waals surface area (Å²) in [6.07, 6.45) is 2.96. The number of pyridine rings is 1. The largest absolute Gasteiger partial charge is 0.459 e. The van der Waals surface area contributed by atoms with Gasteiger partial charge in [0.1, 0.15) is 39.7 Å². The highest BCUT2D eigenvalue weighted by atomic mass is 32.1. The number of carbonyl (C=O) groups excluding carboxylic acids is 2. The number of amides is 2. The second-order valence-corrected chi connectivity index (χ2v) is 18.6. The highest BCUT2D eigenvalue weighted by Crippen LogP contribution is 2.49. The summed E-state index contributed by atoms with van der Waals surface area (Å²) in [5.41, 5.74) is -0.453. The van der Waals surface area contributed by atoms with Gasteiger partial charge >= 0.3 is 18.2 Å². The van der Waals surface area contributed by atoms with Gasteiger partial charge in [-0.15, -0.1) is 11.3 Å². The number of likely N-dealkylation sites (tertiary alicyclic amines) is 2. The van der Waals surface area contributed by atoms with Crippen LogP contribution in [0.1, 0.15) is 90.8 Å². The van der Waals surface area contributed by atoms with Crippen LogP contribution in [-0.4, -0.2) is 99.1 Å². The van der Waals surface area contributed by atoms with Crippen molar-refractivity contribution in [3.63, 3.8) is 0 Å².